The molecule has 7 nitrogen and oxygen atoms in total. The van der Waals surface area contributed by atoms with E-state index in [9.17, 15) is 26.4 Å². The van der Waals surface area contributed by atoms with E-state index >= 15 is 0 Å². The van der Waals surface area contributed by atoms with Gasteiger partial charge in [-0.3, -0.25) is 9.10 Å². The summed E-state index contributed by atoms with van der Waals surface area (Å²) in [5.41, 5.74) is 3.88. The quantitative estimate of drug-likeness (QED) is 0.235. The van der Waals surface area contributed by atoms with E-state index in [4.69, 9.17) is 0 Å². The standard InChI is InChI=1S/C28H25F3N4O3S/c1-19-17-22(20(2)35(19)26-12-8-7-11-25(26)28(29,30)31)18-32-33-27(36)21-13-15-23(16-14-21)34(3)39(37,38)24-9-5-4-6-10-24/h4-18H,1-3H3,(H,33,36)/b32-18-. The van der Waals surface area contributed by atoms with Crippen molar-refractivity contribution in [3.63, 3.8) is 0 Å². The summed E-state index contributed by atoms with van der Waals surface area (Å²) < 4.78 is 68.9. The first-order valence-electron chi connectivity index (χ1n) is 11.7. The van der Waals surface area contributed by atoms with Crippen molar-refractivity contribution < 1.29 is 26.4 Å². The Kier molecular flexibility index (Phi) is 7.64. The van der Waals surface area contributed by atoms with Gasteiger partial charge in [-0.25, -0.2) is 13.8 Å². The molecule has 11 heteroatoms. The Labute approximate surface area is 224 Å². The molecule has 0 fully saturated rings. The number of alkyl halides is 3. The van der Waals surface area contributed by atoms with Gasteiger partial charge in [-0.15, -0.1) is 0 Å². The molecular weight excluding hydrogens is 529 g/mol. The van der Waals surface area contributed by atoms with Crippen LogP contribution in [0.15, 0.2) is 94.9 Å². The average molecular weight is 555 g/mol. The number of benzene rings is 3. The van der Waals surface area contributed by atoms with Crippen molar-refractivity contribution in [3.05, 3.63) is 113 Å². The largest absolute Gasteiger partial charge is 0.418 e. The smallest absolute Gasteiger partial charge is 0.317 e. The number of hydrazone groups is 1. The number of halogens is 3. The fraction of sp³-hybridized carbons (Fsp3) is 0.143. The third kappa shape index (κ3) is 5.73. The summed E-state index contributed by atoms with van der Waals surface area (Å²) in [5.74, 6) is -0.539. The van der Waals surface area contributed by atoms with Crippen LogP contribution in [0.2, 0.25) is 0 Å². The number of amides is 1. The van der Waals surface area contributed by atoms with Crippen LogP contribution in [0.4, 0.5) is 18.9 Å². The second-order valence-electron chi connectivity index (χ2n) is 8.71. The molecular formula is C28H25F3N4O3S. The van der Waals surface area contributed by atoms with Gasteiger partial charge in [0.05, 0.1) is 28.0 Å². The van der Waals surface area contributed by atoms with Gasteiger partial charge in [0.15, 0.2) is 0 Å². The van der Waals surface area contributed by atoms with Crippen LogP contribution in [0.25, 0.3) is 5.69 Å². The lowest BCUT2D eigenvalue weighted by atomic mass is 10.1. The highest BCUT2D eigenvalue weighted by molar-refractivity contribution is 7.92. The van der Waals surface area contributed by atoms with Crippen LogP contribution in [0.1, 0.15) is 32.9 Å². The number of hydrogen-bond donors (Lipinski definition) is 1. The maximum absolute atomic E-state index is 13.5. The number of nitrogens with zero attached hydrogens (tertiary/aromatic N) is 3. The molecule has 3 aromatic carbocycles. The summed E-state index contributed by atoms with van der Waals surface area (Å²) in [7, 11) is -2.34. The number of carbonyl (C=O) groups excluding carboxylic acids is 1. The van der Waals surface area contributed by atoms with Crippen molar-refractivity contribution in [1.29, 1.82) is 0 Å². The van der Waals surface area contributed by atoms with Crippen LogP contribution < -0.4 is 9.73 Å². The van der Waals surface area contributed by atoms with Crippen LogP contribution in [-0.4, -0.2) is 32.2 Å². The molecule has 0 aliphatic rings. The molecule has 0 saturated heterocycles. The summed E-state index contributed by atoms with van der Waals surface area (Å²) in [6.45, 7) is 3.36. The molecule has 0 aliphatic heterocycles. The highest BCUT2D eigenvalue weighted by Gasteiger charge is 2.34. The lowest BCUT2D eigenvalue weighted by Crippen LogP contribution is -2.26. The number of nitrogens with one attached hydrogen (secondary N) is 1. The van der Waals surface area contributed by atoms with Gasteiger partial charge in [-0.2, -0.15) is 18.3 Å². The summed E-state index contributed by atoms with van der Waals surface area (Å²) >= 11 is 0. The van der Waals surface area contributed by atoms with Crippen molar-refractivity contribution in [2.24, 2.45) is 5.10 Å². The molecule has 0 unspecified atom stereocenters. The van der Waals surface area contributed by atoms with Crippen LogP contribution in [-0.2, 0) is 16.2 Å². The molecule has 1 N–H and O–H groups in total. The summed E-state index contributed by atoms with van der Waals surface area (Å²) in [4.78, 5) is 12.7. The third-order valence-corrected chi connectivity index (χ3v) is 7.98. The normalized spacial score (nSPS) is 12.1. The SMILES string of the molecule is Cc1cc(/C=N\NC(=O)c2ccc(N(C)S(=O)(=O)c3ccccc3)cc2)c(C)n1-c1ccccc1C(F)(F)F. The number of carbonyl (C=O) groups is 1. The van der Waals surface area contributed by atoms with E-state index in [1.807, 2.05) is 0 Å². The number of anilines is 1. The average Bonchev–Trinajstić information content (AvgIpc) is 3.20. The maximum Gasteiger partial charge on any atom is 0.418 e. The molecule has 0 radical (unpaired) electrons. The zero-order chi connectivity index (χ0) is 28.4. The van der Waals surface area contributed by atoms with Crippen molar-refractivity contribution in [3.8, 4) is 5.69 Å². The number of sulfonamides is 1. The molecule has 0 spiro atoms. The van der Waals surface area contributed by atoms with Crippen molar-refractivity contribution in [1.82, 2.24) is 9.99 Å². The fourth-order valence-corrected chi connectivity index (χ4v) is 5.35. The summed E-state index contributed by atoms with van der Waals surface area (Å²) in [6.07, 6.45) is -3.15. The predicted molar refractivity (Wildman–Crippen MR) is 144 cm³/mol. The van der Waals surface area contributed by atoms with Crippen LogP contribution >= 0.6 is 0 Å². The second kappa shape index (κ2) is 10.8. The monoisotopic (exact) mass is 554 g/mol. The van der Waals surface area contributed by atoms with E-state index < -0.39 is 27.7 Å². The molecule has 4 rings (SSSR count). The van der Waals surface area contributed by atoms with Crippen molar-refractivity contribution in [2.45, 2.75) is 24.9 Å². The van der Waals surface area contributed by atoms with Crippen molar-refractivity contribution in [2.75, 3.05) is 11.4 Å². The summed E-state index contributed by atoms with van der Waals surface area (Å²) in [6, 6.07) is 20.9. The molecule has 0 bridgehead atoms. The van der Waals surface area contributed by atoms with Gasteiger partial charge < -0.3 is 4.57 Å². The predicted octanol–water partition coefficient (Wildman–Crippen LogP) is 5.70. The van der Waals surface area contributed by atoms with Gasteiger partial charge >= 0.3 is 6.18 Å². The topological polar surface area (TPSA) is 83.8 Å². The van der Waals surface area contributed by atoms with Crippen LogP contribution in [0.3, 0.4) is 0 Å². The minimum absolute atomic E-state index is 0.00280. The van der Waals surface area contributed by atoms with Gasteiger partial charge in [-0.1, -0.05) is 30.3 Å². The molecule has 0 saturated carbocycles. The van der Waals surface area contributed by atoms with E-state index in [0.29, 0.717) is 22.6 Å². The molecule has 39 heavy (non-hydrogen) atoms. The Morgan fingerprint density at radius 2 is 1.56 bits per heavy atom. The third-order valence-electron chi connectivity index (χ3n) is 6.19. The van der Waals surface area contributed by atoms with Crippen LogP contribution in [0.5, 0.6) is 0 Å². The van der Waals surface area contributed by atoms with Gasteiger partial charge in [-0.05, 0) is 68.4 Å². The Hall–Kier alpha value is -4.38. The number of hydrogen-bond acceptors (Lipinski definition) is 4. The lowest BCUT2D eigenvalue weighted by molar-refractivity contribution is -0.137. The first-order chi connectivity index (χ1) is 18.4. The van der Waals surface area contributed by atoms with E-state index in [1.54, 1.807) is 38.1 Å². The number of aromatic nitrogens is 1. The first-order valence-corrected chi connectivity index (χ1v) is 13.2. The Bertz CT molecular complexity index is 1630. The van der Waals surface area contributed by atoms with E-state index in [1.165, 1.54) is 72.4 Å². The highest BCUT2D eigenvalue weighted by Crippen LogP contribution is 2.35. The van der Waals surface area contributed by atoms with Gasteiger partial charge in [0, 0.05) is 29.6 Å². The molecule has 202 valence electrons. The Morgan fingerprint density at radius 1 is 0.949 bits per heavy atom. The summed E-state index contributed by atoms with van der Waals surface area (Å²) in [5, 5.41) is 3.97. The van der Waals surface area contributed by atoms with Crippen LogP contribution in [0, 0.1) is 13.8 Å². The van der Waals surface area contributed by atoms with E-state index in [0.717, 1.165) is 10.4 Å². The fourth-order valence-electron chi connectivity index (χ4n) is 4.13. The van der Waals surface area contributed by atoms with E-state index in [-0.39, 0.29) is 16.1 Å². The maximum atomic E-state index is 13.5. The molecule has 1 amide bonds. The zero-order valence-corrected chi connectivity index (χ0v) is 22.1. The van der Waals surface area contributed by atoms with Crippen molar-refractivity contribution >= 4 is 27.8 Å². The molecule has 1 heterocycles. The molecule has 0 aliphatic carbocycles. The zero-order valence-electron chi connectivity index (χ0n) is 21.3. The van der Waals surface area contributed by atoms with Gasteiger partial charge in [0.1, 0.15) is 0 Å². The Balaban J connectivity index is 1.48. The molecule has 0 atom stereocenters. The molecule has 4 aromatic rings. The minimum Gasteiger partial charge on any atom is -0.317 e. The Morgan fingerprint density at radius 3 is 2.21 bits per heavy atom. The number of rotatable bonds is 7. The second-order valence-corrected chi connectivity index (χ2v) is 10.7. The minimum atomic E-state index is -4.52. The molecule has 1 aromatic heterocycles. The van der Waals surface area contributed by atoms with Gasteiger partial charge in [0.25, 0.3) is 15.9 Å². The number of para-hydroxylation sites is 1. The lowest BCUT2D eigenvalue weighted by Gasteiger charge is -2.19. The first kappa shape index (κ1) is 27.6. The number of aryl methyl sites for hydroxylation is 1. The van der Waals surface area contributed by atoms with E-state index in [2.05, 4.69) is 10.5 Å². The highest BCUT2D eigenvalue weighted by atomic mass is 32.2. The van der Waals surface area contributed by atoms with Gasteiger partial charge in [0.2, 0.25) is 0 Å².